The highest BCUT2D eigenvalue weighted by Gasteiger charge is 2.33. The Labute approximate surface area is 129 Å². The summed E-state index contributed by atoms with van der Waals surface area (Å²) in [7, 11) is 0. The summed E-state index contributed by atoms with van der Waals surface area (Å²) >= 11 is 7.37. The Kier molecular flexibility index (Phi) is 5.44. The topological polar surface area (TPSA) is 30.0 Å². The van der Waals surface area contributed by atoms with Crippen LogP contribution < -0.4 is 0 Å². The fourth-order valence-corrected chi connectivity index (χ4v) is 3.27. The molecule has 0 saturated heterocycles. The molecule has 0 spiro atoms. The van der Waals surface area contributed by atoms with Crippen molar-refractivity contribution >= 4 is 29.1 Å². The molecule has 1 atom stereocenters. The zero-order chi connectivity index (χ0) is 14.5. The zero-order valence-electron chi connectivity index (χ0n) is 11.6. The monoisotopic (exact) mass is 307 g/mol. The molecule has 1 aromatic heterocycles. The Balaban J connectivity index is 1.80. The van der Waals surface area contributed by atoms with E-state index in [4.69, 9.17) is 11.6 Å². The van der Waals surface area contributed by atoms with Crippen LogP contribution in [0, 0.1) is 5.92 Å². The van der Waals surface area contributed by atoms with E-state index in [0.717, 1.165) is 35.3 Å². The largest absolute Gasteiger partial charge is 0.298 e. The van der Waals surface area contributed by atoms with Gasteiger partial charge in [0.15, 0.2) is 5.78 Å². The summed E-state index contributed by atoms with van der Waals surface area (Å²) in [4.78, 5) is 16.2. The van der Waals surface area contributed by atoms with Crippen LogP contribution in [0.1, 0.15) is 25.3 Å². The van der Waals surface area contributed by atoms with Gasteiger partial charge in [0.2, 0.25) is 0 Å². The average Bonchev–Trinajstić information content (AvgIpc) is 2.44. The number of allylic oxidation sites excluding steroid dienone is 3. The maximum absolute atomic E-state index is 12.2. The van der Waals surface area contributed by atoms with Gasteiger partial charge in [0, 0.05) is 17.9 Å². The Morgan fingerprint density at radius 2 is 2.40 bits per heavy atom. The third-order valence-corrected chi connectivity index (χ3v) is 4.60. The Morgan fingerprint density at radius 3 is 3.00 bits per heavy atom. The molecule has 1 saturated carbocycles. The molecule has 2 nitrogen and oxygen atoms in total. The van der Waals surface area contributed by atoms with Gasteiger partial charge in [-0.3, -0.25) is 4.79 Å². The summed E-state index contributed by atoms with van der Waals surface area (Å²) in [6, 6.07) is 3.72. The highest BCUT2D eigenvalue weighted by atomic mass is 35.5. The van der Waals surface area contributed by atoms with Crippen LogP contribution in [-0.4, -0.2) is 16.5 Å². The molecule has 1 fully saturated rings. The third kappa shape index (κ3) is 3.74. The molecule has 1 aliphatic rings. The van der Waals surface area contributed by atoms with Crippen LogP contribution in [0.25, 0.3) is 0 Å². The molecular formula is C16H18ClNOS. The molecule has 2 rings (SSSR count). The van der Waals surface area contributed by atoms with E-state index < -0.39 is 0 Å². The fraction of sp³-hybridized carbons (Fsp3) is 0.375. The van der Waals surface area contributed by atoms with Gasteiger partial charge in [0.25, 0.3) is 0 Å². The second-order valence-corrected chi connectivity index (χ2v) is 6.25. The molecule has 1 heterocycles. The molecule has 106 valence electrons. The summed E-state index contributed by atoms with van der Waals surface area (Å²) in [5.41, 5.74) is 3.37. The van der Waals surface area contributed by atoms with Crippen molar-refractivity contribution in [2.45, 2.75) is 25.5 Å². The van der Waals surface area contributed by atoms with E-state index in [9.17, 15) is 4.79 Å². The number of carbonyl (C=O) groups is 1. The first-order valence-electron chi connectivity index (χ1n) is 6.71. The van der Waals surface area contributed by atoms with Crippen molar-refractivity contribution in [3.63, 3.8) is 0 Å². The van der Waals surface area contributed by atoms with Crippen LogP contribution in [0.2, 0.25) is 5.15 Å². The molecule has 20 heavy (non-hydrogen) atoms. The van der Waals surface area contributed by atoms with Gasteiger partial charge < -0.3 is 0 Å². The minimum absolute atomic E-state index is 0.0818. The number of hydrogen-bond donors (Lipinski definition) is 0. The second kappa shape index (κ2) is 7.09. The van der Waals surface area contributed by atoms with Gasteiger partial charge in [-0.1, -0.05) is 42.8 Å². The molecule has 4 heteroatoms. The second-order valence-electron chi connectivity index (χ2n) is 4.88. The molecule has 0 aliphatic heterocycles. The highest BCUT2D eigenvalue weighted by molar-refractivity contribution is 7.99. The van der Waals surface area contributed by atoms with Crippen LogP contribution >= 0.6 is 23.4 Å². The van der Waals surface area contributed by atoms with E-state index >= 15 is 0 Å². The summed E-state index contributed by atoms with van der Waals surface area (Å²) in [5.74, 6) is 1.72. The van der Waals surface area contributed by atoms with Crippen molar-refractivity contribution in [3.8, 4) is 0 Å². The first-order chi connectivity index (χ1) is 9.61. The van der Waals surface area contributed by atoms with Gasteiger partial charge in [-0.05, 0) is 30.0 Å². The standard InChI is InChI=1S/C16H18ClNOS/c1-3-4-13-11(2)7-14(13)15(19)10-20-9-12-5-6-16(17)18-8-12/h4-6,8,14H,2-3,7,9-10H2,1H3/b13-4+. The molecule has 0 aromatic carbocycles. The van der Waals surface area contributed by atoms with Gasteiger partial charge in [0.1, 0.15) is 5.15 Å². The molecule has 0 amide bonds. The first-order valence-corrected chi connectivity index (χ1v) is 8.24. The number of pyridine rings is 1. The van der Waals surface area contributed by atoms with Crippen LogP contribution in [0.15, 0.2) is 42.1 Å². The number of halogens is 1. The smallest absolute Gasteiger partial charge is 0.150 e. The van der Waals surface area contributed by atoms with Crippen molar-refractivity contribution < 1.29 is 4.79 Å². The molecule has 0 N–H and O–H groups in total. The number of aromatic nitrogens is 1. The lowest BCUT2D eigenvalue weighted by atomic mass is 9.73. The number of thioether (sulfide) groups is 1. The predicted octanol–water partition coefficient (Wildman–Crippen LogP) is 4.45. The van der Waals surface area contributed by atoms with Crippen LogP contribution in [-0.2, 0) is 10.5 Å². The SMILES string of the molecule is C=C1CC(C(=O)CSCc2ccc(Cl)nc2)/C1=C/CC. The number of Topliss-reactive ketones (excluding diaryl/α,β-unsaturated/α-hetero) is 1. The summed E-state index contributed by atoms with van der Waals surface area (Å²) in [6.45, 7) is 6.07. The predicted molar refractivity (Wildman–Crippen MR) is 86.0 cm³/mol. The Bertz CT molecular complexity index is 536. The van der Waals surface area contributed by atoms with E-state index in [2.05, 4.69) is 24.6 Å². The molecule has 0 bridgehead atoms. The van der Waals surface area contributed by atoms with E-state index in [1.54, 1.807) is 24.0 Å². The summed E-state index contributed by atoms with van der Waals surface area (Å²) in [6.07, 6.45) is 5.67. The quantitative estimate of drug-likeness (QED) is 0.727. The van der Waals surface area contributed by atoms with Gasteiger partial charge in [-0.2, -0.15) is 0 Å². The highest BCUT2D eigenvalue weighted by Crippen LogP contribution is 2.39. The normalized spacial score (nSPS) is 20.0. The van der Waals surface area contributed by atoms with Crippen LogP contribution in [0.3, 0.4) is 0 Å². The van der Waals surface area contributed by atoms with Gasteiger partial charge in [-0.25, -0.2) is 4.98 Å². The molecular weight excluding hydrogens is 290 g/mol. The minimum Gasteiger partial charge on any atom is -0.298 e. The number of rotatable bonds is 6. The molecule has 0 radical (unpaired) electrons. The lowest BCUT2D eigenvalue weighted by Gasteiger charge is -2.31. The van der Waals surface area contributed by atoms with Crippen molar-refractivity contribution in [1.29, 1.82) is 0 Å². The van der Waals surface area contributed by atoms with Gasteiger partial charge >= 0.3 is 0 Å². The maximum Gasteiger partial charge on any atom is 0.150 e. The number of hydrogen-bond acceptors (Lipinski definition) is 3. The fourth-order valence-electron chi connectivity index (χ4n) is 2.25. The van der Waals surface area contributed by atoms with E-state index in [1.165, 1.54) is 0 Å². The van der Waals surface area contributed by atoms with E-state index in [0.29, 0.717) is 16.7 Å². The number of ketones is 1. The average molecular weight is 308 g/mol. The van der Waals surface area contributed by atoms with Crippen LogP contribution in [0.5, 0.6) is 0 Å². The number of nitrogens with zero attached hydrogens (tertiary/aromatic N) is 1. The first kappa shape index (κ1) is 15.3. The van der Waals surface area contributed by atoms with Gasteiger partial charge in [-0.15, -0.1) is 11.8 Å². The van der Waals surface area contributed by atoms with Crippen molar-refractivity contribution in [2.24, 2.45) is 5.92 Å². The Hall–Kier alpha value is -1.06. The van der Waals surface area contributed by atoms with E-state index in [-0.39, 0.29) is 5.92 Å². The number of carbonyl (C=O) groups excluding carboxylic acids is 1. The summed E-state index contributed by atoms with van der Waals surface area (Å²) < 4.78 is 0. The zero-order valence-corrected chi connectivity index (χ0v) is 13.1. The lowest BCUT2D eigenvalue weighted by molar-refractivity contribution is -0.119. The lowest BCUT2D eigenvalue weighted by Crippen LogP contribution is -2.28. The van der Waals surface area contributed by atoms with Gasteiger partial charge in [0.05, 0.1) is 5.75 Å². The molecule has 1 unspecified atom stereocenters. The maximum atomic E-state index is 12.2. The van der Waals surface area contributed by atoms with Crippen molar-refractivity contribution in [2.75, 3.05) is 5.75 Å². The summed E-state index contributed by atoms with van der Waals surface area (Å²) in [5, 5.41) is 0.497. The third-order valence-electron chi connectivity index (χ3n) is 3.35. The molecule has 1 aromatic rings. The van der Waals surface area contributed by atoms with Crippen molar-refractivity contribution in [3.05, 3.63) is 52.8 Å². The minimum atomic E-state index is 0.0818. The molecule has 1 aliphatic carbocycles. The van der Waals surface area contributed by atoms with E-state index in [1.807, 2.05) is 6.07 Å². The van der Waals surface area contributed by atoms with Crippen LogP contribution in [0.4, 0.5) is 0 Å². The Morgan fingerprint density at radius 1 is 1.60 bits per heavy atom. The van der Waals surface area contributed by atoms with Crippen molar-refractivity contribution in [1.82, 2.24) is 4.98 Å².